The molecule has 0 N–H and O–H groups in total. The summed E-state index contributed by atoms with van der Waals surface area (Å²) in [7, 11) is 1.53. The molecule has 0 aliphatic carbocycles. The third-order valence-corrected chi connectivity index (χ3v) is 3.50. The van der Waals surface area contributed by atoms with E-state index in [1.165, 1.54) is 19.2 Å². The minimum atomic E-state index is -0.413. The Bertz CT molecular complexity index is 643. The second kappa shape index (κ2) is 8.90. The Hall–Kier alpha value is -2.40. The number of hydrogen-bond donors (Lipinski definition) is 0. The summed E-state index contributed by atoms with van der Waals surface area (Å²) >= 11 is 0. The average Bonchev–Trinajstić information content (AvgIpc) is 2.59. The molecule has 0 aliphatic rings. The van der Waals surface area contributed by atoms with Gasteiger partial charge in [-0.05, 0) is 28.8 Å². The number of nitrogens with zero attached hydrogens (tertiary/aromatic N) is 3. The third kappa shape index (κ3) is 4.79. The topological polar surface area (TPSA) is 67.2 Å². The lowest BCUT2D eigenvalue weighted by molar-refractivity contribution is -0.0816. The Balaban J connectivity index is 2.38. The molecule has 6 heteroatoms. The van der Waals surface area contributed by atoms with Gasteiger partial charge in [0.1, 0.15) is 12.6 Å². The Morgan fingerprint density at radius 3 is 2.39 bits per heavy atom. The largest absolute Gasteiger partial charge is 0.359 e. The minimum Gasteiger partial charge on any atom is -0.359 e. The number of rotatable bonds is 8. The summed E-state index contributed by atoms with van der Waals surface area (Å²) in [6.45, 7) is 0.313. The van der Waals surface area contributed by atoms with Crippen LogP contribution >= 0.6 is 0 Å². The van der Waals surface area contributed by atoms with E-state index < -0.39 is 6.10 Å². The molecule has 2 aromatic carbocycles. The van der Waals surface area contributed by atoms with Gasteiger partial charge in [-0.15, -0.1) is 0 Å². The SMILES string of the molecule is COCO[C@@H](c1ccc(F)cc1)[C@H](CN=[N+]=[N-])c1ccccc1. The summed E-state index contributed by atoms with van der Waals surface area (Å²) in [5.41, 5.74) is 10.4. The molecule has 0 spiro atoms. The molecule has 0 saturated carbocycles. The molecule has 2 aromatic rings. The maximum absolute atomic E-state index is 13.2. The second-order valence-electron chi connectivity index (χ2n) is 4.98. The first-order valence-electron chi connectivity index (χ1n) is 7.18. The number of benzene rings is 2. The van der Waals surface area contributed by atoms with Crippen molar-refractivity contribution in [2.24, 2.45) is 5.11 Å². The number of hydrogen-bond acceptors (Lipinski definition) is 3. The van der Waals surface area contributed by atoms with Crippen LogP contribution in [-0.2, 0) is 9.47 Å². The van der Waals surface area contributed by atoms with Crippen molar-refractivity contribution in [1.29, 1.82) is 0 Å². The van der Waals surface area contributed by atoms with Crippen LogP contribution in [0.2, 0.25) is 0 Å². The summed E-state index contributed by atoms with van der Waals surface area (Å²) < 4.78 is 24.0. The van der Waals surface area contributed by atoms with E-state index in [1.54, 1.807) is 12.1 Å². The van der Waals surface area contributed by atoms with Crippen molar-refractivity contribution in [3.63, 3.8) is 0 Å². The highest BCUT2D eigenvalue weighted by Gasteiger charge is 2.25. The zero-order chi connectivity index (χ0) is 16.5. The summed E-state index contributed by atoms with van der Waals surface area (Å²) in [6.07, 6.45) is -0.413. The van der Waals surface area contributed by atoms with E-state index in [9.17, 15) is 4.39 Å². The Labute approximate surface area is 134 Å². The summed E-state index contributed by atoms with van der Waals surface area (Å²) in [4.78, 5) is 2.85. The Morgan fingerprint density at radius 1 is 1.09 bits per heavy atom. The average molecular weight is 315 g/mol. The zero-order valence-corrected chi connectivity index (χ0v) is 12.8. The van der Waals surface area contributed by atoms with Gasteiger partial charge in [0.05, 0.1) is 6.10 Å². The highest BCUT2D eigenvalue weighted by Crippen LogP contribution is 2.34. The molecule has 0 radical (unpaired) electrons. The number of methoxy groups -OCH3 is 1. The summed E-state index contributed by atoms with van der Waals surface area (Å²) in [6, 6.07) is 15.7. The number of azide groups is 1. The van der Waals surface area contributed by atoms with Crippen LogP contribution in [0, 0.1) is 5.82 Å². The predicted molar refractivity (Wildman–Crippen MR) is 85.3 cm³/mol. The van der Waals surface area contributed by atoms with E-state index in [0.717, 1.165) is 11.1 Å². The van der Waals surface area contributed by atoms with Crippen molar-refractivity contribution >= 4 is 0 Å². The molecule has 0 amide bonds. The van der Waals surface area contributed by atoms with Crippen LogP contribution in [0.5, 0.6) is 0 Å². The van der Waals surface area contributed by atoms with Crippen LogP contribution in [0.15, 0.2) is 59.7 Å². The maximum Gasteiger partial charge on any atom is 0.147 e. The van der Waals surface area contributed by atoms with Crippen LogP contribution in [0.3, 0.4) is 0 Å². The monoisotopic (exact) mass is 315 g/mol. The molecule has 0 saturated heterocycles. The number of ether oxygens (including phenoxy) is 2. The fraction of sp³-hybridized carbons (Fsp3) is 0.294. The van der Waals surface area contributed by atoms with Crippen molar-refractivity contribution < 1.29 is 13.9 Å². The lowest BCUT2D eigenvalue weighted by Crippen LogP contribution is -2.18. The van der Waals surface area contributed by atoms with Gasteiger partial charge in [-0.25, -0.2) is 4.39 Å². The fourth-order valence-corrected chi connectivity index (χ4v) is 2.44. The van der Waals surface area contributed by atoms with Crippen molar-refractivity contribution in [2.45, 2.75) is 12.0 Å². The molecule has 0 aliphatic heterocycles. The normalized spacial score (nSPS) is 13.1. The minimum absolute atomic E-state index is 0.0850. The predicted octanol–water partition coefficient (Wildman–Crippen LogP) is 4.58. The summed E-state index contributed by atoms with van der Waals surface area (Å²) in [5, 5.41) is 3.71. The van der Waals surface area contributed by atoms with Crippen molar-refractivity contribution in [1.82, 2.24) is 0 Å². The third-order valence-electron chi connectivity index (χ3n) is 3.50. The second-order valence-corrected chi connectivity index (χ2v) is 4.98. The first-order chi connectivity index (χ1) is 11.3. The molecule has 0 bridgehead atoms. The van der Waals surface area contributed by atoms with E-state index >= 15 is 0 Å². The molecule has 2 rings (SSSR count). The van der Waals surface area contributed by atoms with Gasteiger partial charge >= 0.3 is 0 Å². The van der Waals surface area contributed by atoms with Crippen molar-refractivity contribution in [3.8, 4) is 0 Å². The van der Waals surface area contributed by atoms with Crippen molar-refractivity contribution in [2.75, 3.05) is 20.4 Å². The standard InChI is InChI=1S/C17H18FN3O2/c1-22-12-23-17(14-7-9-15(18)10-8-14)16(11-20-21-19)13-5-3-2-4-6-13/h2-10,16-17H,11-12H2,1H3/t16-,17+/m1/s1. The van der Waals surface area contributed by atoms with Gasteiger partial charge in [0.25, 0.3) is 0 Å². The van der Waals surface area contributed by atoms with Gasteiger partial charge in [0.2, 0.25) is 0 Å². The molecule has 2 atom stereocenters. The molecule has 5 nitrogen and oxygen atoms in total. The first-order valence-corrected chi connectivity index (χ1v) is 7.18. The van der Waals surface area contributed by atoms with E-state index in [1.807, 2.05) is 30.3 Å². The van der Waals surface area contributed by atoms with Crippen molar-refractivity contribution in [3.05, 3.63) is 82.0 Å². The molecular weight excluding hydrogens is 297 g/mol. The Morgan fingerprint density at radius 2 is 1.78 bits per heavy atom. The smallest absolute Gasteiger partial charge is 0.147 e. The van der Waals surface area contributed by atoms with Gasteiger partial charge in [0, 0.05) is 24.5 Å². The van der Waals surface area contributed by atoms with E-state index in [0.29, 0.717) is 0 Å². The van der Waals surface area contributed by atoms with Gasteiger partial charge < -0.3 is 9.47 Å². The van der Waals surface area contributed by atoms with Gasteiger partial charge in [-0.2, -0.15) is 0 Å². The molecule has 0 heterocycles. The lowest BCUT2D eigenvalue weighted by atomic mass is 9.89. The molecule has 23 heavy (non-hydrogen) atoms. The number of halogens is 1. The molecule has 0 aromatic heterocycles. The van der Waals surface area contributed by atoms with Gasteiger partial charge in [-0.3, -0.25) is 0 Å². The molecular formula is C17H18FN3O2. The first kappa shape index (κ1) is 17.0. The quantitative estimate of drug-likeness (QED) is 0.310. The fourth-order valence-electron chi connectivity index (χ4n) is 2.44. The van der Waals surface area contributed by atoms with Gasteiger partial charge in [0.15, 0.2) is 0 Å². The van der Waals surface area contributed by atoms with Crippen LogP contribution in [-0.4, -0.2) is 20.4 Å². The van der Waals surface area contributed by atoms with Crippen LogP contribution in [0.1, 0.15) is 23.1 Å². The summed E-state index contributed by atoms with van der Waals surface area (Å²) in [5.74, 6) is -0.516. The zero-order valence-electron chi connectivity index (χ0n) is 12.8. The van der Waals surface area contributed by atoms with E-state index in [4.69, 9.17) is 15.0 Å². The Kier molecular flexibility index (Phi) is 6.56. The van der Waals surface area contributed by atoms with Crippen LogP contribution in [0.4, 0.5) is 4.39 Å². The van der Waals surface area contributed by atoms with E-state index in [-0.39, 0.29) is 25.1 Å². The van der Waals surface area contributed by atoms with E-state index in [2.05, 4.69) is 10.0 Å². The molecule has 0 unspecified atom stereocenters. The van der Waals surface area contributed by atoms with Crippen LogP contribution in [0.25, 0.3) is 10.4 Å². The molecule has 120 valence electrons. The highest BCUT2D eigenvalue weighted by atomic mass is 19.1. The maximum atomic E-state index is 13.2. The highest BCUT2D eigenvalue weighted by molar-refractivity contribution is 5.27. The van der Waals surface area contributed by atoms with Gasteiger partial charge in [-0.1, -0.05) is 47.6 Å². The molecule has 0 fully saturated rings. The lowest BCUT2D eigenvalue weighted by Gasteiger charge is -2.27. The van der Waals surface area contributed by atoms with Crippen LogP contribution < -0.4 is 0 Å².